The normalized spacial score (nSPS) is 17.7. The van der Waals surface area contributed by atoms with Crippen LogP contribution in [0.25, 0.3) is 5.57 Å². The molecule has 1 N–H and O–H groups in total. The smallest absolute Gasteiger partial charge is 0.317 e. The van der Waals surface area contributed by atoms with Crippen LogP contribution in [-0.4, -0.2) is 19.3 Å². The summed E-state index contributed by atoms with van der Waals surface area (Å²) in [6, 6.07) is 6.63. The summed E-state index contributed by atoms with van der Waals surface area (Å²) in [6.45, 7) is 5.05. The molecule has 0 atom stereocenters. The van der Waals surface area contributed by atoms with Crippen LogP contribution in [0.4, 0.5) is 13.2 Å². The first-order valence-corrected chi connectivity index (χ1v) is 6.05. The van der Waals surface area contributed by atoms with E-state index < -0.39 is 11.7 Å². The Balaban J connectivity index is 2.12. The summed E-state index contributed by atoms with van der Waals surface area (Å²) in [4.78, 5) is 0. The molecule has 0 aliphatic carbocycles. The van der Waals surface area contributed by atoms with Crippen molar-refractivity contribution in [1.29, 1.82) is 0 Å². The number of alkyl halides is 3. The number of rotatable bonds is 2. The van der Waals surface area contributed by atoms with Gasteiger partial charge in [0.2, 0.25) is 0 Å². The standard InChI is InChI=1S/C14H16F3N/c1-10(14(15,16)17)11-2-4-12(5-3-11)13-6-8-18-9-7-13/h2-5,13,18H,1,6-9H2. The van der Waals surface area contributed by atoms with Crippen molar-refractivity contribution in [2.24, 2.45) is 0 Å². The molecule has 1 nitrogen and oxygen atoms in total. The van der Waals surface area contributed by atoms with Gasteiger partial charge in [-0.15, -0.1) is 0 Å². The molecule has 1 aliphatic heterocycles. The van der Waals surface area contributed by atoms with Crippen LogP contribution in [0.2, 0.25) is 0 Å². The van der Waals surface area contributed by atoms with Crippen molar-refractivity contribution >= 4 is 5.57 Å². The highest BCUT2D eigenvalue weighted by molar-refractivity contribution is 5.67. The zero-order valence-electron chi connectivity index (χ0n) is 10.1. The molecule has 2 rings (SSSR count). The third-order valence-electron chi connectivity index (χ3n) is 3.41. The average Bonchev–Trinajstić information content (AvgIpc) is 2.38. The van der Waals surface area contributed by atoms with Crippen LogP contribution in [0.15, 0.2) is 30.8 Å². The number of nitrogens with one attached hydrogen (secondary N) is 1. The van der Waals surface area contributed by atoms with Crippen LogP contribution >= 0.6 is 0 Å². The summed E-state index contributed by atoms with van der Waals surface area (Å²) < 4.78 is 37.4. The van der Waals surface area contributed by atoms with Crippen LogP contribution in [-0.2, 0) is 0 Å². The van der Waals surface area contributed by atoms with E-state index >= 15 is 0 Å². The van der Waals surface area contributed by atoms with Crippen molar-refractivity contribution in [1.82, 2.24) is 5.32 Å². The molecule has 0 saturated carbocycles. The van der Waals surface area contributed by atoms with Crippen LogP contribution in [0.5, 0.6) is 0 Å². The van der Waals surface area contributed by atoms with E-state index in [2.05, 4.69) is 11.9 Å². The third kappa shape index (κ3) is 2.93. The van der Waals surface area contributed by atoms with E-state index in [1.165, 1.54) is 12.1 Å². The van der Waals surface area contributed by atoms with E-state index in [0.29, 0.717) is 5.92 Å². The van der Waals surface area contributed by atoms with E-state index in [0.717, 1.165) is 31.5 Å². The fourth-order valence-electron chi connectivity index (χ4n) is 2.28. The Labute approximate surface area is 105 Å². The maximum absolute atomic E-state index is 12.5. The number of allylic oxidation sites excluding steroid dienone is 1. The molecule has 0 radical (unpaired) electrons. The lowest BCUT2D eigenvalue weighted by atomic mass is 9.89. The van der Waals surface area contributed by atoms with Crippen molar-refractivity contribution < 1.29 is 13.2 Å². The minimum atomic E-state index is -4.35. The van der Waals surface area contributed by atoms with Crippen LogP contribution in [0, 0.1) is 0 Å². The highest BCUT2D eigenvalue weighted by Gasteiger charge is 2.32. The summed E-state index contributed by atoms with van der Waals surface area (Å²) >= 11 is 0. The third-order valence-corrected chi connectivity index (χ3v) is 3.41. The summed E-state index contributed by atoms with van der Waals surface area (Å²) in [7, 11) is 0. The van der Waals surface area contributed by atoms with Gasteiger partial charge in [-0.25, -0.2) is 0 Å². The van der Waals surface area contributed by atoms with Crippen molar-refractivity contribution in [3.05, 3.63) is 42.0 Å². The van der Waals surface area contributed by atoms with Gasteiger partial charge in [0.15, 0.2) is 0 Å². The summed E-state index contributed by atoms with van der Waals surface area (Å²) in [5.41, 5.74) is 0.495. The minimum Gasteiger partial charge on any atom is -0.317 e. The molecule has 98 valence electrons. The second kappa shape index (κ2) is 5.14. The van der Waals surface area contributed by atoms with Gasteiger partial charge in [0.25, 0.3) is 0 Å². The molecule has 1 aliphatic rings. The lowest BCUT2D eigenvalue weighted by Gasteiger charge is -2.23. The average molecular weight is 255 g/mol. The van der Waals surface area contributed by atoms with Crippen LogP contribution in [0.1, 0.15) is 29.9 Å². The largest absolute Gasteiger partial charge is 0.416 e. The van der Waals surface area contributed by atoms with E-state index in [9.17, 15) is 13.2 Å². The van der Waals surface area contributed by atoms with Crippen LogP contribution < -0.4 is 5.32 Å². The molecule has 0 bridgehead atoms. The summed E-state index contributed by atoms with van der Waals surface area (Å²) in [5.74, 6) is 0.458. The Morgan fingerprint density at radius 2 is 1.67 bits per heavy atom. The van der Waals surface area contributed by atoms with Gasteiger partial charge < -0.3 is 5.32 Å². The Morgan fingerprint density at radius 3 is 2.17 bits per heavy atom. The number of halogens is 3. The SMILES string of the molecule is C=C(c1ccc(C2CCNCC2)cc1)C(F)(F)F. The van der Waals surface area contributed by atoms with Gasteiger partial charge in [-0.2, -0.15) is 13.2 Å². The topological polar surface area (TPSA) is 12.0 Å². The van der Waals surface area contributed by atoms with Crippen LogP contribution in [0.3, 0.4) is 0 Å². The maximum Gasteiger partial charge on any atom is 0.416 e. The molecule has 0 amide bonds. The van der Waals surface area contributed by atoms with Gasteiger partial charge in [-0.05, 0) is 43.0 Å². The van der Waals surface area contributed by atoms with Gasteiger partial charge in [-0.1, -0.05) is 30.8 Å². The Hall–Kier alpha value is -1.29. The number of hydrogen-bond acceptors (Lipinski definition) is 1. The van der Waals surface area contributed by atoms with Gasteiger partial charge in [0.05, 0.1) is 5.57 Å². The molecule has 4 heteroatoms. The zero-order valence-corrected chi connectivity index (χ0v) is 10.1. The predicted molar refractivity (Wildman–Crippen MR) is 66.4 cm³/mol. The van der Waals surface area contributed by atoms with Gasteiger partial charge in [0.1, 0.15) is 0 Å². The number of benzene rings is 1. The lowest BCUT2D eigenvalue weighted by Crippen LogP contribution is -2.26. The molecule has 1 fully saturated rings. The second-order valence-corrected chi connectivity index (χ2v) is 4.62. The lowest BCUT2D eigenvalue weighted by molar-refractivity contribution is -0.0686. The monoisotopic (exact) mass is 255 g/mol. The number of hydrogen-bond donors (Lipinski definition) is 1. The summed E-state index contributed by atoms with van der Waals surface area (Å²) in [5, 5.41) is 3.27. The minimum absolute atomic E-state index is 0.153. The Morgan fingerprint density at radius 1 is 1.11 bits per heavy atom. The van der Waals surface area contributed by atoms with E-state index in [1.807, 2.05) is 0 Å². The zero-order chi connectivity index (χ0) is 13.2. The van der Waals surface area contributed by atoms with E-state index in [-0.39, 0.29) is 5.56 Å². The van der Waals surface area contributed by atoms with Crippen molar-refractivity contribution in [3.8, 4) is 0 Å². The van der Waals surface area contributed by atoms with Gasteiger partial charge in [-0.3, -0.25) is 0 Å². The first-order chi connectivity index (χ1) is 8.48. The quantitative estimate of drug-likeness (QED) is 0.849. The molecule has 1 aromatic carbocycles. The molecule has 1 heterocycles. The Kier molecular flexibility index (Phi) is 3.76. The maximum atomic E-state index is 12.5. The first kappa shape index (κ1) is 13.1. The molecule has 18 heavy (non-hydrogen) atoms. The molecule has 0 spiro atoms. The van der Waals surface area contributed by atoms with Crippen molar-refractivity contribution in [2.75, 3.05) is 13.1 Å². The van der Waals surface area contributed by atoms with Crippen molar-refractivity contribution in [3.63, 3.8) is 0 Å². The van der Waals surface area contributed by atoms with E-state index in [1.54, 1.807) is 12.1 Å². The first-order valence-electron chi connectivity index (χ1n) is 6.05. The predicted octanol–water partition coefficient (Wildman–Crippen LogP) is 3.73. The molecule has 0 unspecified atom stereocenters. The van der Waals surface area contributed by atoms with Gasteiger partial charge in [0, 0.05) is 0 Å². The van der Waals surface area contributed by atoms with E-state index in [4.69, 9.17) is 0 Å². The number of piperidine rings is 1. The second-order valence-electron chi connectivity index (χ2n) is 4.62. The molecule has 1 saturated heterocycles. The van der Waals surface area contributed by atoms with Crippen molar-refractivity contribution in [2.45, 2.75) is 24.9 Å². The molecular formula is C14H16F3N. The highest BCUT2D eigenvalue weighted by atomic mass is 19.4. The summed E-state index contributed by atoms with van der Waals surface area (Å²) in [6.07, 6.45) is -2.27. The molecule has 1 aromatic rings. The Bertz CT molecular complexity index is 414. The fraction of sp³-hybridized carbons (Fsp3) is 0.429. The fourth-order valence-corrected chi connectivity index (χ4v) is 2.28. The highest BCUT2D eigenvalue weighted by Crippen LogP contribution is 2.33. The molecular weight excluding hydrogens is 239 g/mol. The molecule has 0 aromatic heterocycles. The van der Waals surface area contributed by atoms with Gasteiger partial charge >= 0.3 is 6.18 Å².